The number of aromatic nitrogens is 2. The highest BCUT2D eigenvalue weighted by atomic mass is 32.2. The summed E-state index contributed by atoms with van der Waals surface area (Å²) in [5.41, 5.74) is 4.28. The first-order chi connectivity index (χ1) is 13.8. The molecular formula is C22H22FN3O2S. The number of carbonyl (C=O) groups excluding carboxylic acids is 1. The van der Waals surface area contributed by atoms with E-state index in [1.807, 2.05) is 32.0 Å². The highest BCUT2D eigenvalue weighted by Gasteiger charge is 2.13. The average Bonchev–Trinajstić information content (AvgIpc) is 2.63. The number of aromatic amines is 1. The molecule has 0 atom stereocenters. The lowest BCUT2D eigenvalue weighted by Crippen LogP contribution is -2.23. The molecule has 3 aromatic rings. The summed E-state index contributed by atoms with van der Waals surface area (Å²) in [7, 11) is 0. The van der Waals surface area contributed by atoms with Gasteiger partial charge in [0, 0.05) is 22.7 Å². The second-order valence-electron chi connectivity index (χ2n) is 6.95. The standard InChI is InChI=1S/C22H22FN3O2S/c1-13-8-14(2)10-18(9-13)25-20(27)11-19-15(3)24-22(26-21(19)28)29-12-16-4-6-17(23)7-5-16/h4-10H,11-12H2,1-3H3,(H,25,27)(H,24,26,28). The highest BCUT2D eigenvalue weighted by Crippen LogP contribution is 2.19. The quantitative estimate of drug-likeness (QED) is 0.468. The number of benzene rings is 2. The molecule has 0 fully saturated rings. The van der Waals surface area contributed by atoms with Gasteiger partial charge >= 0.3 is 0 Å². The Bertz CT molecular complexity index is 1070. The van der Waals surface area contributed by atoms with Crippen LogP contribution in [0.4, 0.5) is 10.1 Å². The molecule has 0 aliphatic carbocycles. The Balaban J connectivity index is 1.67. The highest BCUT2D eigenvalue weighted by molar-refractivity contribution is 7.98. The average molecular weight is 412 g/mol. The maximum Gasteiger partial charge on any atom is 0.255 e. The lowest BCUT2D eigenvalue weighted by atomic mass is 10.1. The van der Waals surface area contributed by atoms with Crippen LogP contribution < -0.4 is 10.9 Å². The van der Waals surface area contributed by atoms with E-state index in [9.17, 15) is 14.0 Å². The van der Waals surface area contributed by atoms with Gasteiger partial charge in [-0.1, -0.05) is 30.0 Å². The third kappa shape index (κ3) is 5.77. The lowest BCUT2D eigenvalue weighted by molar-refractivity contribution is -0.115. The van der Waals surface area contributed by atoms with Crippen LogP contribution in [-0.4, -0.2) is 15.9 Å². The molecular weight excluding hydrogens is 389 g/mol. The molecule has 0 radical (unpaired) electrons. The normalized spacial score (nSPS) is 10.8. The Hall–Kier alpha value is -2.93. The van der Waals surface area contributed by atoms with Crippen LogP contribution in [0, 0.1) is 26.6 Å². The van der Waals surface area contributed by atoms with Crippen molar-refractivity contribution in [3.63, 3.8) is 0 Å². The molecule has 2 N–H and O–H groups in total. The molecule has 150 valence electrons. The van der Waals surface area contributed by atoms with Gasteiger partial charge in [0.25, 0.3) is 5.56 Å². The maximum absolute atomic E-state index is 13.0. The molecule has 3 rings (SSSR count). The second kappa shape index (κ2) is 9.05. The molecule has 0 saturated carbocycles. The fraction of sp³-hybridized carbons (Fsp3) is 0.227. The zero-order chi connectivity index (χ0) is 21.0. The Morgan fingerprint density at radius 3 is 2.38 bits per heavy atom. The van der Waals surface area contributed by atoms with Gasteiger partial charge in [0.1, 0.15) is 5.82 Å². The first-order valence-corrected chi connectivity index (χ1v) is 10.1. The number of nitrogens with zero attached hydrogens (tertiary/aromatic N) is 1. The van der Waals surface area contributed by atoms with Crippen LogP contribution in [0.15, 0.2) is 52.4 Å². The van der Waals surface area contributed by atoms with E-state index in [2.05, 4.69) is 15.3 Å². The Morgan fingerprint density at radius 2 is 1.76 bits per heavy atom. The Morgan fingerprint density at radius 1 is 1.10 bits per heavy atom. The molecule has 0 aliphatic rings. The van der Waals surface area contributed by atoms with Gasteiger partial charge in [-0.15, -0.1) is 0 Å². The molecule has 29 heavy (non-hydrogen) atoms. The van der Waals surface area contributed by atoms with E-state index in [4.69, 9.17) is 0 Å². The number of H-pyrrole nitrogens is 1. The van der Waals surface area contributed by atoms with Crippen molar-refractivity contribution in [2.75, 3.05) is 5.32 Å². The van der Waals surface area contributed by atoms with Gasteiger partial charge in [-0.3, -0.25) is 9.59 Å². The number of rotatable bonds is 6. The van der Waals surface area contributed by atoms with Gasteiger partial charge in [-0.05, 0) is 61.7 Å². The molecule has 1 heterocycles. The predicted molar refractivity (Wildman–Crippen MR) is 114 cm³/mol. The largest absolute Gasteiger partial charge is 0.326 e. The van der Waals surface area contributed by atoms with Crippen molar-refractivity contribution in [2.45, 2.75) is 38.1 Å². The number of anilines is 1. The van der Waals surface area contributed by atoms with Crippen molar-refractivity contribution in [3.05, 3.63) is 86.6 Å². The van der Waals surface area contributed by atoms with Crippen LogP contribution in [0.2, 0.25) is 0 Å². The summed E-state index contributed by atoms with van der Waals surface area (Å²) in [6.07, 6.45) is -0.0515. The summed E-state index contributed by atoms with van der Waals surface area (Å²) in [5.74, 6) is -0.00319. The first kappa shape index (κ1) is 20.8. The van der Waals surface area contributed by atoms with Gasteiger partial charge in [-0.2, -0.15) is 0 Å². The minimum atomic E-state index is -0.324. The maximum atomic E-state index is 13.0. The molecule has 7 heteroatoms. The van der Waals surface area contributed by atoms with Crippen molar-refractivity contribution in [1.29, 1.82) is 0 Å². The number of halogens is 1. The van der Waals surface area contributed by atoms with E-state index in [0.717, 1.165) is 16.7 Å². The lowest BCUT2D eigenvalue weighted by Gasteiger charge is -2.09. The molecule has 1 aromatic heterocycles. The van der Waals surface area contributed by atoms with Crippen molar-refractivity contribution in [2.24, 2.45) is 0 Å². The van der Waals surface area contributed by atoms with E-state index in [0.29, 0.717) is 27.9 Å². The van der Waals surface area contributed by atoms with Crippen LogP contribution >= 0.6 is 11.8 Å². The summed E-state index contributed by atoms with van der Waals surface area (Å²) in [6.45, 7) is 5.64. The number of nitrogens with one attached hydrogen (secondary N) is 2. The van der Waals surface area contributed by atoms with E-state index in [1.165, 1.54) is 23.9 Å². The Kier molecular flexibility index (Phi) is 6.49. The number of aryl methyl sites for hydroxylation is 3. The number of carbonyl (C=O) groups is 1. The van der Waals surface area contributed by atoms with Gasteiger partial charge < -0.3 is 10.3 Å². The SMILES string of the molecule is Cc1cc(C)cc(NC(=O)Cc2c(C)nc(SCc3ccc(F)cc3)[nH]c2=O)c1. The molecule has 0 unspecified atom stereocenters. The summed E-state index contributed by atoms with van der Waals surface area (Å²) >= 11 is 1.35. The van der Waals surface area contributed by atoms with E-state index in [1.54, 1.807) is 19.1 Å². The van der Waals surface area contributed by atoms with E-state index >= 15 is 0 Å². The number of hydrogen-bond acceptors (Lipinski definition) is 4. The summed E-state index contributed by atoms with van der Waals surface area (Å²) < 4.78 is 13.0. The van der Waals surface area contributed by atoms with Crippen LogP contribution in [0.3, 0.4) is 0 Å². The monoisotopic (exact) mass is 411 g/mol. The number of thioether (sulfide) groups is 1. The summed E-state index contributed by atoms with van der Waals surface area (Å²) in [6, 6.07) is 12.0. The third-order valence-electron chi connectivity index (χ3n) is 4.33. The van der Waals surface area contributed by atoms with Gasteiger partial charge in [0.2, 0.25) is 5.91 Å². The van der Waals surface area contributed by atoms with Gasteiger partial charge in [0.15, 0.2) is 5.16 Å². The van der Waals surface area contributed by atoms with Gasteiger partial charge in [0.05, 0.1) is 6.42 Å². The molecule has 0 bridgehead atoms. The van der Waals surface area contributed by atoms with Crippen LogP contribution in [0.25, 0.3) is 0 Å². The smallest absolute Gasteiger partial charge is 0.255 e. The summed E-state index contributed by atoms with van der Waals surface area (Å²) in [4.78, 5) is 32.0. The summed E-state index contributed by atoms with van der Waals surface area (Å²) in [5, 5.41) is 3.30. The molecule has 2 aromatic carbocycles. The van der Waals surface area contributed by atoms with E-state index < -0.39 is 0 Å². The van der Waals surface area contributed by atoms with Crippen LogP contribution in [-0.2, 0) is 17.0 Å². The minimum Gasteiger partial charge on any atom is -0.326 e. The van der Waals surface area contributed by atoms with Crippen molar-refractivity contribution >= 4 is 23.4 Å². The van der Waals surface area contributed by atoms with Crippen molar-refractivity contribution in [3.8, 4) is 0 Å². The molecule has 5 nitrogen and oxygen atoms in total. The zero-order valence-electron chi connectivity index (χ0n) is 16.5. The molecule has 1 amide bonds. The zero-order valence-corrected chi connectivity index (χ0v) is 17.3. The van der Waals surface area contributed by atoms with Crippen molar-refractivity contribution in [1.82, 2.24) is 9.97 Å². The topological polar surface area (TPSA) is 74.8 Å². The fourth-order valence-electron chi connectivity index (χ4n) is 3.01. The fourth-order valence-corrected chi connectivity index (χ4v) is 3.87. The predicted octanol–water partition coefficient (Wildman–Crippen LogP) is 4.31. The van der Waals surface area contributed by atoms with Gasteiger partial charge in [-0.25, -0.2) is 9.37 Å². The minimum absolute atomic E-state index is 0.0515. The first-order valence-electron chi connectivity index (χ1n) is 9.15. The Labute approximate surface area is 172 Å². The second-order valence-corrected chi connectivity index (χ2v) is 7.92. The molecule has 0 aliphatic heterocycles. The number of amides is 1. The molecule has 0 saturated heterocycles. The van der Waals surface area contributed by atoms with Crippen LogP contribution in [0.1, 0.15) is 27.9 Å². The van der Waals surface area contributed by atoms with Crippen molar-refractivity contribution < 1.29 is 9.18 Å². The molecule has 0 spiro atoms. The number of hydrogen-bond donors (Lipinski definition) is 2. The van der Waals surface area contributed by atoms with Crippen LogP contribution in [0.5, 0.6) is 0 Å². The third-order valence-corrected chi connectivity index (χ3v) is 5.28. The van der Waals surface area contributed by atoms with E-state index in [-0.39, 0.29) is 23.7 Å².